The molecule has 0 radical (unpaired) electrons. The minimum absolute atomic E-state index is 0.0549. The van der Waals surface area contributed by atoms with Crippen molar-refractivity contribution in [2.24, 2.45) is 0 Å². The molecule has 0 saturated carbocycles. The molecule has 1 aliphatic heterocycles. The van der Waals surface area contributed by atoms with Crippen LogP contribution in [0.2, 0.25) is 5.02 Å². The van der Waals surface area contributed by atoms with E-state index in [1.807, 2.05) is 0 Å². The number of piperazine rings is 1. The largest absolute Gasteiger partial charge is 0.342 e. The van der Waals surface area contributed by atoms with Gasteiger partial charge >= 0.3 is 0 Å². The minimum Gasteiger partial charge on any atom is -0.342 e. The second-order valence-electron chi connectivity index (χ2n) is 4.14. The first-order valence-electron chi connectivity index (χ1n) is 5.48. The van der Waals surface area contributed by atoms with Crippen LogP contribution in [-0.2, 0) is 4.79 Å². The number of halogens is 2. The maximum Gasteiger partial charge on any atom is 0.255 e. The Morgan fingerprint density at radius 1 is 1.39 bits per heavy atom. The molecule has 1 fully saturated rings. The number of rotatable bonds is 1. The Morgan fingerprint density at radius 3 is 2.78 bits per heavy atom. The highest BCUT2D eigenvalue weighted by Crippen LogP contribution is 2.27. The molecule has 0 bridgehead atoms. The van der Waals surface area contributed by atoms with Crippen molar-refractivity contribution in [3.63, 3.8) is 0 Å². The zero-order valence-electron chi connectivity index (χ0n) is 9.82. The summed E-state index contributed by atoms with van der Waals surface area (Å²) in [6, 6.07) is 5.19. The van der Waals surface area contributed by atoms with Crippen molar-refractivity contribution >= 4 is 39.3 Å². The molecule has 6 heteroatoms. The van der Waals surface area contributed by atoms with Crippen LogP contribution in [-0.4, -0.2) is 48.3 Å². The van der Waals surface area contributed by atoms with Gasteiger partial charge in [0, 0.05) is 24.6 Å². The van der Waals surface area contributed by atoms with E-state index in [1.165, 1.54) is 4.90 Å². The van der Waals surface area contributed by atoms with Gasteiger partial charge in [-0.25, -0.2) is 0 Å². The molecule has 0 atom stereocenters. The first-order valence-corrected chi connectivity index (χ1v) is 6.65. The fourth-order valence-electron chi connectivity index (χ4n) is 1.77. The zero-order chi connectivity index (χ0) is 13.3. The van der Waals surface area contributed by atoms with Crippen molar-refractivity contribution in [1.29, 1.82) is 0 Å². The van der Waals surface area contributed by atoms with E-state index in [0.717, 1.165) is 0 Å². The van der Waals surface area contributed by atoms with Gasteiger partial charge in [-0.2, -0.15) is 0 Å². The topological polar surface area (TPSA) is 40.6 Å². The molecule has 1 heterocycles. The summed E-state index contributed by atoms with van der Waals surface area (Å²) in [4.78, 5) is 27.0. The molecular weight excluding hydrogens is 320 g/mol. The summed E-state index contributed by atoms with van der Waals surface area (Å²) in [5.41, 5.74) is 0.420. The Hall–Kier alpha value is -1.07. The van der Waals surface area contributed by atoms with E-state index in [9.17, 15) is 9.59 Å². The number of benzene rings is 1. The lowest BCUT2D eigenvalue weighted by molar-refractivity contribution is -0.133. The average Bonchev–Trinajstić information content (AvgIpc) is 2.35. The molecule has 0 unspecified atom stereocenters. The third-order valence-electron chi connectivity index (χ3n) is 2.93. The highest BCUT2D eigenvalue weighted by Gasteiger charge is 2.26. The number of hydrogen-bond donors (Lipinski definition) is 0. The standard InChI is InChI=1S/C12H12BrClN2O2/c1-15-5-6-16(7-10(15)17)12(18)8-3-2-4-9(13)11(8)14/h2-4H,5-7H2,1H3. The molecule has 4 nitrogen and oxygen atoms in total. The molecule has 96 valence electrons. The van der Waals surface area contributed by atoms with Gasteiger partial charge in [0.05, 0.1) is 10.6 Å². The maximum atomic E-state index is 12.3. The molecule has 1 saturated heterocycles. The second-order valence-corrected chi connectivity index (χ2v) is 5.38. The summed E-state index contributed by atoms with van der Waals surface area (Å²) in [6.07, 6.45) is 0. The van der Waals surface area contributed by atoms with Crippen LogP contribution >= 0.6 is 27.5 Å². The fourth-order valence-corrected chi connectivity index (χ4v) is 2.34. The van der Waals surface area contributed by atoms with Crippen molar-refractivity contribution in [2.75, 3.05) is 26.7 Å². The predicted octanol–water partition coefficient (Wildman–Crippen LogP) is 2.02. The molecule has 0 aromatic heterocycles. The smallest absolute Gasteiger partial charge is 0.255 e. The number of carbonyl (C=O) groups is 2. The van der Waals surface area contributed by atoms with Crippen molar-refractivity contribution in [2.45, 2.75) is 0 Å². The van der Waals surface area contributed by atoms with Gasteiger partial charge in [-0.15, -0.1) is 0 Å². The van der Waals surface area contributed by atoms with Gasteiger partial charge in [0.2, 0.25) is 5.91 Å². The first-order chi connectivity index (χ1) is 8.50. The minimum atomic E-state index is -0.206. The lowest BCUT2D eigenvalue weighted by atomic mass is 10.2. The summed E-state index contributed by atoms with van der Waals surface area (Å²) < 4.78 is 0.676. The van der Waals surface area contributed by atoms with E-state index >= 15 is 0 Å². The van der Waals surface area contributed by atoms with Gasteiger partial charge in [-0.3, -0.25) is 9.59 Å². The molecule has 1 aromatic rings. The van der Waals surface area contributed by atoms with E-state index in [2.05, 4.69) is 15.9 Å². The summed E-state index contributed by atoms with van der Waals surface area (Å²) >= 11 is 9.36. The lowest BCUT2D eigenvalue weighted by Crippen LogP contribution is -2.50. The molecule has 0 spiro atoms. The lowest BCUT2D eigenvalue weighted by Gasteiger charge is -2.32. The number of amides is 2. The fraction of sp³-hybridized carbons (Fsp3) is 0.333. The average molecular weight is 332 g/mol. The van der Waals surface area contributed by atoms with Crippen LogP contribution in [0.15, 0.2) is 22.7 Å². The van der Waals surface area contributed by atoms with Gasteiger partial charge in [-0.1, -0.05) is 17.7 Å². The van der Waals surface area contributed by atoms with Crippen molar-refractivity contribution in [3.05, 3.63) is 33.3 Å². The second kappa shape index (κ2) is 5.28. The quantitative estimate of drug-likeness (QED) is 0.790. The summed E-state index contributed by atoms with van der Waals surface area (Å²) in [6.45, 7) is 1.19. The van der Waals surface area contributed by atoms with Crippen LogP contribution < -0.4 is 0 Å². The molecule has 2 rings (SSSR count). The third kappa shape index (κ3) is 2.52. The van der Waals surface area contributed by atoms with E-state index in [-0.39, 0.29) is 18.4 Å². The molecule has 1 aliphatic rings. The van der Waals surface area contributed by atoms with Gasteiger partial charge < -0.3 is 9.80 Å². The van der Waals surface area contributed by atoms with Crippen molar-refractivity contribution in [1.82, 2.24) is 9.80 Å². The molecular formula is C12H12BrClN2O2. The van der Waals surface area contributed by atoms with Gasteiger partial charge in [0.1, 0.15) is 6.54 Å². The monoisotopic (exact) mass is 330 g/mol. The van der Waals surface area contributed by atoms with Crippen LogP contribution in [0.1, 0.15) is 10.4 Å². The molecule has 18 heavy (non-hydrogen) atoms. The number of nitrogens with zero attached hydrogens (tertiary/aromatic N) is 2. The summed E-state index contributed by atoms with van der Waals surface area (Å²) in [5, 5.41) is 0.383. The van der Waals surface area contributed by atoms with Crippen LogP contribution in [0.25, 0.3) is 0 Å². The number of likely N-dealkylation sites (N-methyl/N-ethyl adjacent to an activating group) is 1. The highest BCUT2D eigenvalue weighted by atomic mass is 79.9. The van der Waals surface area contributed by atoms with Crippen LogP contribution in [0.3, 0.4) is 0 Å². The normalized spacial score (nSPS) is 16.1. The Kier molecular flexibility index (Phi) is 3.92. The number of carbonyl (C=O) groups excluding carboxylic acids is 2. The molecule has 0 N–H and O–H groups in total. The maximum absolute atomic E-state index is 12.3. The van der Waals surface area contributed by atoms with Crippen LogP contribution in [0.5, 0.6) is 0 Å². The summed E-state index contributed by atoms with van der Waals surface area (Å²) in [5.74, 6) is -0.261. The third-order valence-corrected chi connectivity index (χ3v) is 4.22. The van der Waals surface area contributed by atoms with Gasteiger partial charge in [-0.05, 0) is 28.1 Å². The molecule has 2 amide bonds. The predicted molar refractivity (Wildman–Crippen MR) is 72.7 cm³/mol. The van der Waals surface area contributed by atoms with Gasteiger partial charge in [0.15, 0.2) is 0 Å². The van der Waals surface area contributed by atoms with Crippen molar-refractivity contribution in [3.8, 4) is 0 Å². The Morgan fingerprint density at radius 2 is 2.11 bits per heavy atom. The Balaban J connectivity index is 2.22. The molecule has 0 aliphatic carbocycles. The van der Waals surface area contributed by atoms with E-state index in [0.29, 0.717) is 28.1 Å². The van der Waals surface area contributed by atoms with E-state index in [1.54, 1.807) is 30.1 Å². The zero-order valence-corrected chi connectivity index (χ0v) is 12.2. The van der Waals surface area contributed by atoms with Crippen molar-refractivity contribution < 1.29 is 9.59 Å². The highest BCUT2D eigenvalue weighted by molar-refractivity contribution is 9.10. The Bertz CT molecular complexity index is 507. The Labute approximate surface area is 119 Å². The van der Waals surface area contributed by atoms with Crippen LogP contribution in [0, 0.1) is 0 Å². The number of hydrogen-bond acceptors (Lipinski definition) is 2. The van der Waals surface area contributed by atoms with Crippen LogP contribution in [0.4, 0.5) is 0 Å². The van der Waals surface area contributed by atoms with Gasteiger partial charge in [0.25, 0.3) is 5.91 Å². The van der Waals surface area contributed by atoms with E-state index in [4.69, 9.17) is 11.6 Å². The summed E-state index contributed by atoms with van der Waals surface area (Å²) in [7, 11) is 1.73. The van der Waals surface area contributed by atoms with E-state index < -0.39 is 0 Å². The molecule has 1 aromatic carbocycles. The first kappa shape index (κ1) is 13.4. The SMILES string of the molecule is CN1CCN(C(=O)c2cccc(Br)c2Cl)CC1=O.